The molecule has 1 fully saturated rings. The molecule has 190 valence electrons. The van der Waals surface area contributed by atoms with Crippen LogP contribution in [-0.4, -0.2) is 53.2 Å². The van der Waals surface area contributed by atoms with Crippen molar-refractivity contribution in [2.75, 3.05) is 6.54 Å². The van der Waals surface area contributed by atoms with E-state index in [0.29, 0.717) is 25.8 Å². The maximum atomic E-state index is 12.7. The molecule has 1 saturated carbocycles. The number of aliphatic carboxylic acids is 1. The van der Waals surface area contributed by atoms with E-state index in [1.54, 1.807) is 20.8 Å². The van der Waals surface area contributed by atoms with Crippen molar-refractivity contribution < 1.29 is 29.0 Å². The minimum absolute atomic E-state index is 0.107. The number of hydrogen-bond donors (Lipinski definition) is 4. The molecule has 1 aliphatic rings. The maximum Gasteiger partial charge on any atom is 0.408 e. The molecule has 1 rings (SSSR count). The van der Waals surface area contributed by atoms with Crippen molar-refractivity contribution in [3.8, 4) is 0 Å². The Morgan fingerprint density at radius 2 is 1.55 bits per heavy atom. The number of hydrogen-bond acceptors (Lipinski definition) is 5. The zero-order valence-electron chi connectivity index (χ0n) is 21.2. The van der Waals surface area contributed by atoms with Crippen LogP contribution in [-0.2, 0) is 19.1 Å². The normalized spacial score (nSPS) is 21.5. The lowest BCUT2D eigenvalue weighted by atomic mass is 9.81. The fourth-order valence-electron chi connectivity index (χ4n) is 3.91. The van der Waals surface area contributed by atoms with Gasteiger partial charge in [-0.15, -0.1) is 0 Å². The number of carboxylic acids is 1. The summed E-state index contributed by atoms with van der Waals surface area (Å²) in [5.74, 6) is -1.68. The summed E-state index contributed by atoms with van der Waals surface area (Å²) in [6.07, 6.45) is 2.90. The Morgan fingerprint density at radius 1 is 0.970 bits per heavy atom. The van der Waals surface area contributed by atoms with Crippen LogP contribution in [0, 0.1) is 23.7 Å². The van der Waals surface area contributed by atoms with Gasteiger partial charge in [-0.25, -0.2) is 9.59 Å². The quantitative estimate of drug-likeness (QED) is 0.388. The Kier molecular flexibility index (Phi) is 11.1. The molecule has 1 unspecified atom stereocenters. The number of carbonyl (C=O) groups is 4. The summed E-state index contributed by atoms with van der Waals surface area (Å²) in [6.45, 7) is 13.2. The summed E-state index contributed by atoms with van der Waals surface area (Å²) in [6, 6.07) is -1.57. The second-order valence-electron chi connectivity index (χ2n) is 10.5. The summed E-state index contributed by atoms with van der Waals surface area (Å²) in [4.78, 5) is 48.8. The van der Waals surface area contributed by atoms with Crippen LogP contribution in [0.5, 0.6) is 0 Å². The molecule has 0 bridgehead atoms. The highest BCUT2D eigenvalue weighted by atomic mass is 16.6. The van der Waals surface area contributed by atoms with Gasteiger partial charge in [-0.2, -0.15) is 0 Å². The fourth-order valence-corrected chi connectivity index (χ4v) is 3.91. The molecule has 9 heteroatoms. The molecule has 0 spiro atoms. The van der Waals surface area contributed by atoms with E-state index in [2.05, 4.69) is 16.0 Å². The molecular formula is C24H43N3O6. The van der Waals surface area contributed by atoms with Gasteiger partial charge in [0.25, 0.3) is 0 Å². The van der Waals surface area contributed by atoms with Crippen molar-refractivity contribution in [2.45, 2.75) is 98.3 Å². The summed E-state index contributed by atoms with van der Waals surface area (Å²) < 4.78 is 5.26. The molecule has 0 saturated heterocycles. The first-order valence-electron chi connectivity index (χ1n) is 12.1. The number of rotatable bonds is 10. The average Bonchev–Trinajstić information content (AvgIpc) is 2.72. The van der Waals surface area contributed by atoms with Gasteiger partial charge in [0.2, 0.25) is 11.8 Å². The van der Waals surface area contributed by atoms with Gasteiger partial charge < -0.3 is 25.8 Å². The second-order valence-corrected chi connectivity index (χ2v) is 10.5. The SMILES string of the molecule is CCC(C)[C@H](NC(=O)C1CCC(CNC(=O)[C@H](NC(=O)OC(C)(C)C)C(C)C)CC1)C(=O)O. The lowest BCUT2D eigenvalue weighted by Crippen LogP contribution is -2.51. The predicted octanol–water partition coefficient (Wildman–Crippen LogP) is 3.07. The third-order valence-electron chi connectivity index (χ3n) is 6.18. The highest BCUT2D eigenvalue weighted by Gasteiger charge is 2.32. The zero-order valence-corrected chi connectivity index (χ0v) is 21.2. The molecule has 0 heterocycles. The Morgan fingerprint density at radius 3 is 2.00 bits per heavy atom. The predicted molar refractivity (Wildman–Crippen MR) is 125 cm³/mol. The van der Waals surface area contributed by atoms with Gasteiger partial charge in [0, 0.05) is 12.5 Å². The number of ether oxygens (including phenoxy) is 1. The summed E-state index contributed by atoms with van der Waals surface area (Å²) in [5, 5.41) is 17.7. The Bertz CT molecular complexity index is 680. The van der Waals surface area contributed by atoms with Crippen molar-refractivity contribution >= 4 is 23.9 Å². The van der Waals surface area contributed by atoms with E-state index in [0.717, 1.165) is 12.8 Å². The van der Waals surface area contributed by atoms with E-state index >= 15 is 0 Å². The zero-order chi connectivity index (χ0) is 25.3. The molecule has 33 heavy (non-hydrogen) atoms. The van der Waals surface area contributed by atoms with Crippen LogP contribution in [0.1, 0.15) is 80.6 Å². The van der Waals surface area contributed by atoms with Crippen molar-refractivity contribution in [3.05, 3.63) is 0 Å². The molecule has 9 nitrogen and oxygen atoms in total. The van der Waals surface area contributed by atoms with Crippen LogP contribution in [0.4, 0.5) is 4.79 Å². The standard InChI is InChI=1S/C24H43N3O6/c1-8-15(4)19(22(30)31)26-20(28)17-11-9-16(10-12-17)13-25-21(29)18(14(2)3)27-23(32)33-24(5,6)7/h14-19H,8-13H2,1-7H3,(H,25,29)(H,26,28)(H,27,32)(H,30,31)/t15?,16?,17?,18-,19+/m1/s1. The van der Waals surface area contributed by atoms with Crippen LogP contribution in [0.25, 0.3) is 0 Å². The first-order chi connectivity index (χ1) is 15.2. The van der Waals surface area contributed by atoms with E-state index in [-0.39, 0.29) is 35.5 Å². The summed E-state index contributed by atoms with van der Waals surface area (Å²) in [7, 11) is 0. The first-order valence-corrected chi connectivity index (χ1v) is 12.1. The van der Waals surface area contributed by atoms with Gasteiger partial charge in [0.1, 0.15) is 17.7 Å². The molecule has 0 aromatic carbocycles. The van der Waals surface area contributed by atoms with Gasteiger partial charge in [0.05, 0.1) is 0 Å². The topological polar surface area (TPSA) is 134 Å². The van der Waals surface area contributed by atoms with Crippen molar-refractivity contribution in [1.29, 1.82) is 0 Å². The van der Waals surface area contributed by atoms with Crippen LogP contribution in [0.3, 0.4) is 0 Å². The second kappa shape index (κ2) is 12.8. The van der Waals surface area contributed by atoms with Gasteiger partial charge >= 0.3 is 12.1 Å². The van der Waals surface area contributed by atoms with E-state index in [9.17, 15) is 24.3 Å². The minimum atomic E-state index is -1.01. The lowest BCUT2D eigenvalue weighted by Gasteiger charge is -2.30. The van der Waals surface area contributed by atoms with Crippen LogP contribution in [0.2, 0.25) is 0 Å². The van der Waals surface area contributed by atoms with Crippen LogP contribution < -0.4 is 16.0 Å². The number of carbonyl (C=O) groups excluding carboxylic acids is 3. The van der Waals surface area contributed by atoms with E-state index in [1.807, 2.05) is 27.7 Å². The molecule has 1 aliphatic carbocycles. The molecule has 0 radical (unpaired) electrons. The van der Waals surface area contributed by atoms with E-state index in [4.69, 9.17) is 4.74 Å². The van der Waals surface area contributed by atoms with E-state index < -0.39 is 29.7 Å². The van der Waals surface area contributed by atoms with Crippen molar-refractivity contribution in [3.63, 3.8) is 0 Å². The third kappa shape index (κ3) is 10.0. The summed E-state index contributed by atoms with van der Waals surface area (Å²) >= 11 is 0. The highest BCUT2D eigenvalue weighted by Crippen LogP contribution is 2.29. The number of carboxylic acid groups (broad SMARTS) is 1. The van der Waals surface area contributed by atoms with Gasteiger partial charge in [-0.05, 0) is 64.2 Å². The molecule has 0 aromatic heterocycles. The molecule has 0 aromatic rings. The van der Waals surface area contributed by atoms with Gasteiger partial charge in [-0.3, -0.25) is 9.59 Å². The Hall–Kier alpha value is -2.32. The molecule has 4 N–H and O–H groups in total. The molecule has 3 atom stereocenters. The monoisotopic (exact) mass is 469 g/mol. The number of amides is 3. The van der Waals surface area contributed by atoms with Gasteiger partial charge in [-0.1, -0.05) is 34.1 Å². The number of nitrogens with one attached hydrogen (secondary N) is 3. The van der Waals surface area contributed by atoms with Crippen LogP contribution in [0.15, 0.2) is 0 Å². The third-order valence-corrected chi connectivity index (χ3v) is 6.18. The average molecular weight is 470 g/mol. The van der Waals surface area contributed by atoms with E-state index in [1.165, 1.54) is 0 Å². The molecular weight excluding hydrogens is 426 g/mol. The minimum Gasteiger partial charge on any atom is -0.480 e. The fraction of sp³-hybridized carbons (Fsp3) is 0.833. The van der Waals surface area contributed by atoms with Crippen LogP contribution >= 0.6 is 0 Å². The molecule has 3 amide bonds. The first kappa shape index (κ1) is 28.7. The molecule has 0 aliphatic heterocycles. The Labute approximate surface area is 197 Å². The maximum absolute atomic E-state index is 12.7. The smallest absolute Gasteiger partial charge is 0.408 e. The van der Waals surface area contributed by atoms with Gasteiger partial charge in [0.15, 0.2) is 0 Å². The largest absolute Gasteiger partial charge is 0.480 e. The Balaban J connectivity index is 2.51. The van der Waals surface area contributed by atoms with Crippen molar-refractivity contribution in [2.24, 2.45) is 23.7 Å². The number of alkyl carbamates (subject to hydrolysis) is 1. The lowest BCUT2D eigenvalue weighted by molar-refractivity contribution is -0.144. The van der Waals surface area contributed by atoms with Crippen molar-refractivity contribution in [1.82, 2.24) is 16.0 Å². The summed E-state index contributed by atoms with van der Waals surface area (Å²) in [5.41, 5.74) is -0.647. The highest BCUT2D eigenvalue weighted by molar-refractivity contribution is 5.86.